The van der Waals surface area contributed by atoms with Crippen LogP contribution in [0.1, 0.15) is 43.8 Å². The summed E-state index contributed by atoms with van der Waals surface area (Å²) in [6.07, 6.45) is -4.67. The second-order valence-electron chi connectivity index (χ2n) is 11.7. The van der Waals surface area contributed by atoms with Gasteiger partial charge in [-0.3, -0.25) is 9.59 Å². The van der Waals surface area contributed by atoms with E-state index in [1.54, 1.807) is 30.2 Å². The molecule has 0 radical (unpaired) electrons. The minimum Gasteiger partial charge on any atom is -0.444 e. The van der Waals surface area contributed by atoms with Gasteiger partial charge in [0.15, 0.2) is 11.2 Å². The van der Waals surface area contributed by atoms with Crippen LogP contribution >= 0.6 is 22.9 Å². The Morgan fingerprint density at radius 2 is 1.78 bits per heavy atom. The van der Waals surface area contributed by atoms with E-state index < -0.39 is 29.3 Å². The number of anilines is 2. The van der Waals surface area contributed by atoms with Crippen LogP contribution in [-0.4, -0.2) is 63.2 Å². The minimum atomic E-state index is -4.59. The molecule has 1 N–H and O–H groups in total. The van der Waals surface area contributed by atoms with Crippen molar-refractivity contribution in [2.24, 2.45) is 0 Å². The van der Waals surface area contributed by atoms with Crippen LogP contribution in [0.15, 0.2) is 29.1 Å². The number of hydrogen-bond donors (Lipinski definition) is 1. The number of piperazine rings is 1. The molecule has 0 saturated carbocycles. The molecular weight excluding hydrogens is 633 g/mol. The number of ether oxygens (including phenoxy) is 1. The molecule has 3 aromatic heterocycles. The summed E-state index contributed by atoms with van der Waals surface area (Å²) in [7, 11) is 0. The Bertz CT molecular complexity index is 1860. The van der Waals surface area contributed by atoms with E-state index >= 15 is 0 Å². The molecule has 0 aliphatic carbocycles. The number of nitrogens with one attached hydrogen (secondary N) is 1. The van der Waals surface area contributed by atoms with E-state index in [2.05, 4.69) is 10.3 Å². The number of thiophene rings is 1. The van der Waals surface area contributed by atoms with E-state index in [-0.39, 0.29) is 33.8 Å². The van der Waals surface area contributed by atoms with Gasteiger partial charge in [-0.05, 0) is 58.4 Å². The normalized spacial score (nSPS) is 14.3. The van der Waals surface area contributed by atoms with E-state index in [1.165, 1.54) is 11.3 Å². The number of alkyl halides is 3. The zero-order chi connectivity index (χ0) is 32.8. The molecule has 0 bridgehead atoms. The van der Waals surface area contributed by atoms with Crippen LogP contribution in [0.25, 0.3) is 21.5 Å². The molecule has 1 fully saturated rings. The van der Waals surface area contributed by atoms with Gasteiger partial charge in [-0.2, -0.15) is 13.2 Å². The lowest BCUT2D eigenvalue weighted by atomic mass is 10.1. The fourth-order valence-electron chi connectivity index (χ4n) is 5.23. The lowest BCUT2D eigenvalue weighted by molar-refractivity contribution is -0.137. The summed E-state index contributed by atoms with van der Waals surface area (Å²) in [6.45, 7) is 10.1. The summed E-state index contributed by atoms with van der Waals surface area (Å²) in [6, 6.07) is 4.53. The van der Waals surface area contributed by atoms with E-state index in [0.29, 0.717) is 54.3 Å². The number of halogens is 4. The van der Waals surface area contributed by atoms with Crippen molar-refractivity contribution in [1.82, 2.24) is 19.4 Å². The Morgan fingerprint density at radius 1 is 1.09 bits per heavy atom. The number of fused-ring (bicyclic) bond motifs is 2. The van der Waals surface area contributed by atoms with Crippen molar-refractivity contribution in [2.45, 2.75) is 59.4 Å². The number of hydrogen-bond acceptors (Lipinski definition) is 8. The zero-order valence-electron chi connectivity index (χ0n) is 25.3. The number of pyridine rings is 1. The quantitative estimate of drug-likeness (QED) is 0.269. The molecule has 2 amide bonds. The predicted octanol–water partition coefficient (Wildman–Crippen LogP) is 6.25. The van der Waals surface area contributed by atoms with Crippen molar-refractivity contribution in [3.63, 3.8) is 0 Å². The second kappa shape index (κ2) is 12.1. The molecule has 15 heteroatoms. The summed E-state index contributed by atoms with van der Waals surface area (Å²) in [5.74, 6) is -0.583. The number of rotatable bonds is 5. The maximum absolute atomic E-state index is 14.1. The summed E-state index contributed by atoms with van der Waals surface area (Å²) in [4.78, 5) is 54.5. The Labute approximate surface area is 265 Å². The first-order chi connectivity index (χ1) is 21.1. The van der Waals surface area contributed by atoms with Gasteiger partial charge in [0.2, 0.25) is 11.3 Å². The number of carbonyl (C=O) groups excluding carboxylic acids is 2. The van der Waals surface area contributed by atoms with Gasteiger partial charge >= 0.3 is 12.3 Å². The molecule has 1 aliphatic heterocycles. The first-order valence-electron chi connectivity index (χ1n) is 14.3. The molecular formula is C30H32ClF3N6O4S. The Kier molecular flexibility index (Phi) is 8.75. The third kappa shape index (κ3) is 6.86. The summed E-state index contributed by atoms with van der Waals surface area (Å²) in [5.41, 5.74) is -0.140. The number of carbonyl (C=O) groups is 2. The van der Waals surface area contributed by atoms with Crippen LogP contribution < -0.4 is 15.6 Å². The average molecular weight is 665 g/mol. The van der Waals surface area contributed by atoms with Crippen molar-refractivity contribution >= 4 is 67.8 Å². The number of aryl methyl sites for hydroxylation is 1. The molecule has 10 nitrogen and oxygen atoms in total. The Hall–Kier alpha value is -3.91. The van der Waals surface area contributed by atoms with E-state index in [0.717, 1.165) is 23.1 Å². The third-order valence-corrected chi connectivity index (χ3v) is 8.45. The highest BCUT2D eigenvalue weighted by molar-refractivity contribution is 7.18. The molecule has 1 aliphatic rings. The SMILES string of the molecule is CCc1c(N2CCN(C(=O)OC(C)(C)C)CC2)c(=O)c2nc3sc(C)cc3nc2n1CC(=O)Nc1ccc(C(F)(F)F)cc1Cl. The van der Waals surface area contributed by atoms with Crippen molar-refractivity contribution in [3.05, 3.63) is 55.6 Å². The molecule has 5 rings (SSSR count). The molecule has 45 heavy (non-hydrogen) atoms. The zero-order valence-corrected chi connectivity index (χ0v) is 26.9. The number of amides is 2. The molecule has 240 valence electrons. The van der Waals surface area contributed by atoms with Crippen LogP contribution in [0.4, 0.5) is 29.3 Å². The van der Waals surface area contributed by atoms with Crippen molar-refractivity contribution in [1.29, 1.82) is 0 Å². The van der Waals surface area contributed by atoms with Gasteiger partial charge in [0.1, 0.15) is 28.2 Å². The van der Waals surface area contributed by atoms with E-state index in [4.69, 9.17) is 21.3 Å². The first-order valence-corrected chi connectivity index (χ1v) is 15.5. The topological polar surface area (TPSA) is 110 Å². The van der Waals surface area contributed by atoms with Crippen molar-refractivity contribution < 1.29 is 27.5 Å². The summed E-state index contributed by atoms with van der Waals surface area (Å²) in [5, 5.41) is 2.32. The first kappa shape index (κ1) is 32.5. The second-order valence-corrected chi connectivity index (χ2v) is 13.3. The number of nitrogens with zero attached hydrogens (tertiary/aromatic N) is 5. The van der Waals surface area contributed by atoms with E-state index in [1.807, 2.05) is 24.8 Å². The van der Waals surface area contributed by atoms with Gasteiger partial charge in [0.25, 0.3) is 0 Å². The molecule has 1 aromatic carbocycles. The minimum absolute atomic E-state index is 0.0125. The molecule has 0 spiro atoms. The van der Waals surface area contributed by atoms with Gasteiger partial charge in [-0.1, -0.05) is 18.5 Å². The lowest BCUT2D eigenvalue weighted by Crippen LogP contribution is -2.51. The lowest BCUT2D eigenvalue weighted by Gasteiger charge is -2.37. The highest BCUT2D eigenvalue weighted by Crippen LogP contribution is 2.34. The highest BCUT2D eigenvalue weighted by atomic mass is 35.5. The van der Waals surface area contributed by atoms with Crippen molar-refractivity contribution in [2.75, 3.05) is 36.4 Å². The van der Waals surface area contributed by atoms with Crippen LogP contribution in [0.2, 0.25) is 5.02 Å². The molecule has 0 atom stereocenters. The van der Waals surface area contributed by atoms with Gasteiger partial charge in [-0.25, -0.2) is 14.8 Å². The maximum Gasteiger partial charge on any atom is 0.416 e. The summed E-state index contributed by atoms with van der Waals surface area (Å²) < 4.78 is 46.5. The standard InChI is InChI=1S/C30H32ClF3N6O4S/c1-6-21-24(38-9-11-39(12-10-38)28(43)44-29(3,4)5)25(42)23-26(36-20-13-16(2)45-27(20)37-23)40(21)15-22(41)35-19-8-7-17(14-18(19)31)30(32,33)34/h7-8,13-14H,6,9-12,15H2,1-5H3,(H,35,41). The van der Waals surface area contributed by atoms with Crippen molar-refractivity contribution in [3.8, 4) is 0 Å². The predicted molar refractivity (Wildman–Crippen MR) is 168 cm³/mol. The third-order valence-electron chi connectivity index (χ3n) is 7.21. The Balaban J connectivity index is 1.54. The smallest absolute Gasteiger partial charge is 0.416 e. The molecule has 4 aromatic rings. The Morgan fingerprint density at radius 3 is 2.38 bits per heavy atom. The average Bonchev–Trinajstić information content (AvgIpc) is 3.32. The summed E-state index contributed by atoms with van der Waals surface area (Å²) >= 11 is 7.49. The number of benzene rings is 1. The van der Waals surface area contributed by atoms with Crippen LogP contribution in [0.5, 0.6) is 0 Å². The van der Waals surface area contributed by atoms with Crippen LogP contribution in [0, 0.1) is 6.92 Å². The maximum atomic E-state index is 14.1. The van der Waals surface area contributed by atoms with Gasteiger partial charge in [-0.15, -0.1) is 11.3 Å². The van der Waals surface area contributed by atoms with Crippen LogP contribution in [-0.2, 0) is 28.7 Å². The molecule has 1 saturated heterocycles. The van der Waals surface area contributed by atoms with Gasteiger partial charge in [0.05, 0.1) is 16.3 Å². The van der Waals surface area contributed by atoms with Crippen LogP contribution in [0.3, 0.4) is 0 Å². The monoisotopic (exact) mass is 664 g/mol. The highest BCUT2D eigenvalue weighted by Gasteiger charge is 2.32. The van der Waals surface area contributed by atoms with Gasteiger partial charge < -0.3 is 24.4 Å². The van der Waals surface area contributed by atoms with E-state index in [9.17, 15) is 27.6 Å². The van der Waals surface area contributed by atoms with Gasteiger partial charge in [0, 0.05) is 36.8 Å². The molecule has 4 heterocycles. The largest absolute Gasteiger partial charge is 0.444 e. The fourth-order valence-corrected chi connectivity index (χ4v) is 6.28. The number of aromatic nitrogens is 3. The molecule has 0 unspecified atom stereocenters. The fraction of sp³-hybridized carbons (Fsp3) is 0.433.